The van der Waals surface area contributed by atoms with E-state index in [1.165, 1.54) is 26.4 Å². The second-order valence-electron chi connectivity index (χ2n) is 5.76. The molecule has 0 spiro atoms. The molecule has 0 heterocycles. The maximum atomic E-state index is 14.1. The minimum absolute atomic E-state index is 0.0356. The molecule has 2 aromatic carbocycles. The van der Waals surface area contributed by atoms with Gasteiger partial charge in [0, 0.05) is 12.6 Å². The van der Waals surface area contributed by atoms with Crippen molar-refractivity contribution < 1.29 is 28.6 Å². The predicted molar refractivity (Wildman–Crippen MR) is 93.1 cm³/mol. The first-order chi connectivity index (χ1) is 12.3. The van der Waals surface area contributed by atoms with Gasteiger partial charge >= 0.3 is 5.97 Å². The van der Waals surface area contributed by atoms with Crippen LogP contribution < -0.4 is 9.47 Å². The van der Waals surface area contributed by atoms with Crippen LogP contribution in [0.2, 0.25) is 0 Å². The number of methoxy groups -OCH3 is 2. The molecule has 0 saturated heterocycles. The fourth-order valence-electron chi connectivity index (χ4n) is 2.51. The highest BCUT2D eigenvalue weighted by molar-refractivity contribution is 5.96. The molecule has 0 bridgehead atoms. The Labute approximate surface area is 150 Å². The number of ether oxygens (including phenoxy) is 2. The predicted octanol–water partition coefficient (Wildman–Crippen LogP) is 2.88. The van der Waals surface area contributed by atoms with Crippen molar-refractivity contribution in [2.24, 2.45) is 0 Å². The van der Waals surface area contributed by atoms with Crippen molar-refractivity contribution in [2.75, 3.05) is 20.8 Å². The second-order valence-corrected chi connectivity index (χ2v) is 5.76. The Morgan fingerprint density at radius 2 is 1.69 bits per heavy atom. The molecule has 1 amide bonds. The molecule has 2 rings (SSSR count). The molecule has 0 fully saturated rings. The Kier molecular flexibility index (Phi) is 6.16. The lowest BCUT2D eigenvalue weighted by molar-refractivity contribution is -0.137. The summed E-state index contributed by atoms with van der Waals surface area (Å²) in [7, 11) is 2.97. The smallest absolute Gasteiger partial charge is 0.323 e. The number of carboxylic acid groups (broad SMARTS) is 1. The number of carbonyl (C=O) groups is 2. The molecule has 0 aliphatic carbocycles. The molecule has 6 nitrogen and oxygen atoms in total. The zero-order valence-electron chi connectivity index (χ0n) is 14.8. The second kappa shape index (κ2) is 8.33. The van der Waals surface area contributed by atoms with Crippen molar-refractivity contribution >= 4 is 11.9 Å². The number of hydrogen-bond donors (Lipinski definition) is 1. The minimum atomic E-state index is -1.19. The summed E-state index contributed by atoms with van der Waals surface area (Å²) in [4.78, 5) is 25.0. The number of aliphatic carboxylic acids is 1. The molecular formula is C19H20FNO5. The van der Waals surface area contributed by atoms with Gasteiger partial charge in [-0.25, -0.2) is 4.39 Å². The standard InChI is InChI=1S/C19H20FNO5/c1-12-4-5-17(20)16(6-12)19(24)21(11-18(22)23)10-13-7-14(25-2)9-15(8-13)26-3/h4-9H,10-11H2,1-3H3,(H,22,23). The Balaban J connectivity index is 2.37. The normalized spacial score (nSPS) is 10.3. The number of amides is 1. The summed E-state index contributed by atoms with van der Waals surface area (Å²) in [5.74, 6) is -1.58. The highest BCUT2D eigenvalue weighted by atomic mass is 19.1. The van der Waals surface area contributed by atoms with E-state index in [4.69, 9.17) is 14.6 Å². The van der Waals surface area contributed by atoms with Crippen LogP contribution >= 0.6 is 0 Å². The van der Waals surface area contributed by atoms with Crippen LogP contribution in [0.3, 0.4) is 0 Å². The quantitative estimate of drug-likeness (QED) is 0.821. The van der Waals surface area contributed by atoms with Crippen LogP contribution in [0.4, 0.5) is 4.39 Å². The van der Waals surface area contributed by atoms with Crippen LogP contribution in [0.25, 0.3) is 0 Å². The Bertz CT molecular complexity index is 799. The van der Waals surface area contributed by atoms with Gasteiger partial charge in [-0.05, 0) is 36.8 Å². The average Bonchev–Trinajstić information content (AvgIpc) is 2.61. The first-order valence-corrected chi connectivity index (χ1v) is 7.83. The third-order valence-corrected chi connectivity index (χ3v) is 3.75. The number of halogens is 1. The molecule has 0 aliphatic heterocycles. The van der Waals surface area contributed by atoms with Crippen molar-refractivity contribution in [1.29, 1.82) is 0 Å². The first kappa shape index (κ1) is 19.2. The fourth-order valence-corrected chi connectivity index (χ4v) is 2.51. The molecule has 0 aromatic heterocycles. The van der Waals surface area contributed by atoms with E-state index < -0.39 is 24.2 Å². The van der Waals surface area contributed by atoms with E-state index >= 15 is 0 Å². The van der Waals surface area contributed by atoms with Crippen molar-refractivity contribution in [3.05, 3.63) is 58.9 Å². The summed E-state index contributed by atoms with van der Waals surface area (Å²) in [6.45, 7) is 1.13. The van der Waals surface area contributed by atoms with Gasteiger partial charge in [-0.15, -0.1) is 0 Å². The third-order valence-electron chi connectivity index (χ3n) is 3.75. The number of nitrogens with zero attached hydrogens (tertiary/aromatic N) is 1. The van der Waals surface area contributed by atoms with Gasteiger partial charge in [-0.3, -0.25) is 9.59 Å². The lowest BCUT2D eigenvalue weighted by atomic mass is 10.1. The summed E-state index contributed by atoms with van der Waals surface area (Å²) >= 11 is 0. The maximum Gasteiger partial charge on any atom is 0.323 e. The van der Waals surface area contributed by atoms with Gasteiger partial charge < -0.3 is 19.5 Å². The SMILES string of the molecule is COc1cc(CN(CC(=O)O)C(=O)c2cc(C)ccc2F)cc(OC)c1. The molecular weight excluding hydrogens is 341 g/mol. The van der Waals surface area contributed by atoms with Crippen LogP contribution in [-0.2, 0) is 11.3 Å². The van der Waals surface area contributed by atoms with E-state index in [1.807, 2.05) is 0 Å². The Morgan fingerprint density at radius 3 is 2.23 bits per heavy atom. The van der Waals surface area contributed by atoms with Gasteiger partial charge in [0.2, 0.25) is 0 Å². The van der Waals surface area contributed by atoms with Gasteiger partial charge in [0.15, 0.2) is 0 Å². The molecule has 0 saturated carbocycles. The van der Waals surface area contributed by atoms with E-state index in [2.05, 4.69) is 0 Å². The van der Waals surface area contributed by atoms with E-state index in [0.29, 0.717) is 22.6 Å². The molecule has 2 aromatic rings. The van der Waals surface area contributed by atoms with Crippen molar-refractivity contribution in [1.82, 2.24) is 4.90 Å². The van der Waals surface area contributed by atoms with Crippen LogP contribution in [-0.4, -0.2) is 42.6 Å². The highest BCUT2D eigenvalue weighted by Crippen LogP contribution is 2.24. The van der Waals surface area contributed by atoms with Crippen LogP contribution in [0.1, 0.15) is 21.5 Å². The van der Waals surface area contributed by atoms with Crippen LogP contribution in [0.15, 0.2) is 36.4 Å². The number of rotatable bonds is 7. The van der Waals surface area contributed by atoms with E-state index in [0.717, 1.165) is 4.90 Å². The topological polar surface area (TPSA) is 76.1 Å². The van der Waals surface area contributed by atoms with E-state index in [-0.39, 0.29) is 12.1 Å². The molecule has 0 atom stereocenters. The summed E-state index contributed by atoms with van der Waals surface area (Å²) in [5.41, 5.74) is 1.14. The monoisotopic (exact) mass is 361 g/mol. The molecule has 26 heavy (non-hydrogen) atoms. The van der Waals surface area contributed by atoms with Gasteiger partial charge in [0.05, 0.1) is 19.8 Å². The first-order valence-electron chi connectivity index (χ1n) is 7.83. The Hall–Kier alpha value is -3.09. The summed E-state index contributed by atoms with van der Waals surface area (Å²) < 4.78 is 24.4. The molecule has 7 heteroatoms. The highest BCUT2D eigenvalue weighted by Gasteiger charge is 2.22. The number of hydrogen-bond acceptors (Lipinski definition) is 4. The molecule has 138 valence electrons. The van der Waals surface area contributed by atoms with Crippen molar-refractivity contribution in [2.45, 2.75) is 13.5 Å². The third kappa shape index (κ3) is 4.72. The minimum Gasteiger partial charge on any atom is -0.497 e. The summed E-state index contributed by atoms with van der Waals surface area (Å²) in [6.07, 6.45) is 0. The summed E-state index contributed by atoms with van der Waals surface area (Å²) in [5, 5.41) is 9.15. The average molecular weight is 361 g/mol. The van der Waals surface area contributed by atoms with Crippen molar-refractivity contribution in [3.8, 4) is 11.5 Å². The van der Waals surface area contributed by atoms with E-state index in [9.17, 15) is 14.0 Å². The number of benzene rings is 2. The van der Waals surface area contributed by atoms with Gasteiger partial charge in [0.25, 0.3) is 5.91 Å². The zero-order chi connectivity index (χ0) is 19.3. The Morgan fingerprint density at radius 1 is 1.08 bits per heavy atom. The molecule has 1 N–H and O–H groups in total. The lowest BCUT2D eigenvalue weighted by Crippen LogP contribution is -2.35. The molecule has 0 radical (unpaired) electrons. The van der Waals surface area contributed by atoms with Crippen LogP contribution in [0, 0.1) is 12.7 Å². The summed E-state index contributed by atoms with van der Waals surface area (Å²) in [6, 6.07) is 9.12. The molecule has 0 unspecified atom stereocenters. The number of carbonyl (C=O) groups excluding carboxylic acids is 1. The zero-order valence-corrected chi connectivity index (χ0v) is 14.8. The molecule has 0 aliphatic rings. The lowest BCUT2D eigenvalue weighted by Gasteiger charge is -2.22. The maximum absolute atomic E-state index is 14.1. The fraction of sp³-hybridized carbons (Fsp3) is 0.263. The van der Waals surface area contributed by atoms with Gasteiger partial charge in [-0.2, -0.15) is 0 Å². The van der Waals surface area contributed by atoms with Crippen molar-refractivity contribution in [3.63, 3.8) is 0 Å². The van der Waals surface area contributed by atoms with Gasteiger partial charge in [0.1, 0.15) is 23.9 Å². The largest absolute Gasteiger partial charge is 0.497 e. The number of aryl methyl sites for hydroxylation is 1. The number of carboxylic acids is 1. The van der Waals surface area contributed by atoms with Crippen LogP contribution in [0.5, 0.6) is 11.5 Å². The van der Waals surface area contributed by atoms with Gasteiger partial charge in [-0.1, -0.05) is 11.6 Å². The van der Waals surface area contributed by atoms with E-state index in [1.54, 1.807) is 31.2 Å².